The van der Waals surface area contributed by atoms with Gasteiger partial charge in [-0.3, -0.25) is 13.0 Å². The first-order valence-corrected chi connectivity index (χ1v) is 6.45. The molecular weight excluding hydrogens is 483 g/mol. The summed E-state index contributed by atoms with van der Waals surface area (Å²) in [7, 11) is 3.77. The molecule has 1 aromatic rings. The van der Waals surface area contributed by atoms with Crippen LogP contribution >= 0.6 is 0 Å². The molecule has 1 aliphatic carbocycles. The van der Waals surface area contributed by atoms with Gasteiger partial charge < -0.3 is 14.8 Å². The van der Waals surface area contributed by atoms with E-state index in [-0.39, 0.29) is 48.9 Å². The molecule has 0 aliphatic heterocycles. The number of aliphatic hydroxyl groups excluding tert-OH is 1. The first kappa shape index (κ1) is 17.6. The predicted molar refractivity (Wildman–Crippen MR) is 70.1 cm³/mol. The van der Waals surface area contributed by atoms with E-state index in [0.29, 0.717) is 30.7 Å². The maximum atomic E-state index is 13.8. The molecule has 1 aromatic carbocycles. The number of rotatable bonds is 4. The number of carbonyl (C=O) groups is 1. The molecule has 1 fully saturated rings. The fourth-order valence-electron chi connectivity index (χ4n) is 2.38. The summed E-state index contributed by atoms with van der Waals surface area (Å²) < 4.78 is 13.8. The molecule has 1 amide bonds. The number of benzene rings is 1. The zero-order valence-electron chi connectivity index (χ0n) is 11.5. The summed E-state index contributed by atoms with van der Waals surface area (Å²) in [6.45, 7) is 1.89. The largest absolute Gasteiger partial charge is 2.00 e. The average Bonchev–Trinajstić information content (AvgIpc) is 2.37. The number of hydrogen-bond donors (Lipinski definition) is 1. The van der Waals surface area contributed by atoms with Crippen molar-refractivity contribution in [2.75, 3.05) is 0 Å². The Morgan fingerprint density at radius 2 is 2.15 bits per heavy atom. The van der Waals surface area contributed by atoms with Gasteiger partial charge in [-0.15, -0.1) is 12.8 Å². The number of halogens is 1. The van der Waals surface area contributed by atoms with Crippen LogP contribution in [0.25, 0.3) is 0 Å². The molecule has 0 heterocycles. The smallest absolute Gasteiger partial charge is 0.515 e. The zero-order chi connectivity index (χ0) is 14.0. The minimum absolute atomic E-state index is 0. The van der Waals surface area contributed by atoms with E-state index in [2.05, 4.69) is 7.05 Å². The number of amides is 1. The Hall–Kier alpha value is -0.498. The van der Waals surface area contributed by atoms with Crippen molar-refractivity contribution in [3.63, 3.8) is 0 Å². The maximum absolute atomic E-state index is 13.8. The van der Waals surface area contributed by atoms with Crippen LogP contribution in [0.4, 0.5) is 4.39 Å². The predicted octanol–water partition coefficient (Wildman–Crippen LogP) is 2.63. The SMILES string of the molecule is [CH2-]N(C(=O)[C-]1CC(O)C1)C(CC)c1ccccc1F.[U+2]. The Labute approximate surface area is 142 Å². The Bertz CT molecular complexity index is 463. The van der Waals surface area contributed by atoms with Crippen LogP contribution in [0.2, 0.25) is 0 Å². The first-order chi connectivity index (χ1) is 9.04. The van der Waals surface area contributed by atoms with Gasteiger partial charge in [0.05, 0.1) is 5.91 Å². The summed E-state index contributed by atoms with van der Waals surface area (Å²) in [4.78, 5) is 13.5. The second-order valence-electron chi connectivity index (χ2n) is 4.89. The Morgan fingerprint density at radius 3 is 2.65 bits per heavy atom. The van der Waals surface area contributed by atoms with Crippen LogP contribution in [0.5, 0.6) is 0 Å². The maximum Gasteiger partial charge on any atom is 2.00 e. The zero-order valence-corrected chi connectivity index (χ0v) is 15.6. The van der Waals surface area contributed by atoms with E-state index in [1.54, 1.807) is 18.2 Å². The van der Waals surface area contributed by atoms with Crippen molar-refractivity contribution in [1.82, 2.24) is 4.90 Å². The molecule has 0 bridgehead atoms. The first-order valence-electron chi connectivity index (χ1n) is 6.45. The van der Waals surface area contributed by atoms with Gasteiger partial charge in [0.2, 0.25) is 0 Å². The van der Waals surface area contributed by atoms with Crippen molar-refractivity contribution in [3.05, 3.63) is 48.6 Å². The van der Waals surface area contributed by atoms with Crippen LogP contribution in [-0.2, 0) is 4.79 Å². The van der Waals surface area contributed by atoms with E-state index < -0.39 is 6.10 Å². The third kappa shape index (κ3) is 3.58. The van der Waals surface area contributed by atoms with Crippen molar-refractivity contribution in [2.45, 2.75) is 38.3 Å². The quantitative estimate of drug-likeness (QED) is 0.645. The van der Waals surface area contributed by atoms with Crippen LogP contribution in [-0.4, -0.2) is 22.0 Å². The molecule has 1 unspecified atom stereocenters. The van der Waals surface area contributed by atoms with Gasteiger partial charge in [0.25, 0.3) is 0 Å². The summed E-state index contributed by atoms with van der Waals surface area (Å²) >= 11 is 0. The Balaban J connectivity index is 0.00000200. The number of nitrogens with zero attached hydrogens (tertiary/aromatic N) is 1. The summed E-state index contributed by atoms with van der Waals surface area (Å²) in [5.74, 6) is 0.145. The van der Waals surface area contributed by atoms with E-state index in [4.69, 9.17) is 0 Å². The molecule has 0 saturated heterocycles. The monoisotopic (exact) mass is 501 g/mol. The summed E-state index contributed by atoms with van der Waals surface area (Å²) in [5, 5.41) is 9.23. The van der Waals surface area contributed by atoms with E-state index in [0.717, 1.165) is 0 Å². The topological polar surface area (TPSA) is 40.5 Å². The number of hydrogen-bond acceptors (Lipinski definition) is 2. The second kappa shape index (κ2) is 7.49. The third-order valence-electron chi connectivity index (χ3n) is 3.55. The third-order valence-corrected chi connectivity index (χ3v) is 3.55. The van der Waals surface area contributed by atoms with Crippen LogP contribution in [0.15, 0.2) is 24.3 Å². The van der Waals surface area contributed by atoms with E-state index >= 15 is 0 Å². The molecule has 1 atom stereocenters. The van der Waals surface area contributed by atoms with Gasteiger partial charge in [-0.1, -0.05) is 25.1 Å². The summed E-state index contributed by atoms with van der Waals surface area (Å²) in [6.07, 6.45) is 0.976. The molecule has 0 spiro atoms. The van der Waals surface area contributed by atoms with Crippen LogP contribution in [0.3, 0.4) is 0 Å². The molecule has 20 heavy (non-hydrogen) atoms. The normalized spacial score (nSPS) is 16.1. The minimum Gasteiger partial charge on any atom is -0.515 e. The van der Waals surface area contributed by atoms with Crippen LogP contribution in [0, 0.1) is 49.9 Å². The average molecular weight is 501 g/mol. The van der Waals surface area contributed by atoms with E-state index in [1.165, 1.54) is 11.0 Å². The van der Waals surface area contributed by atoms with Gasteiger partial charge >= 0.3 is 31.1 Å². The molecule has 2 rings (SSSR count). The minimum atomic E-state index is -0.416. The molecule has 1 saturated carbocycles. The molecule has 5 heteroatoms. The summed E-state index contributed by atoms with van der Waals surface area (Å²) in [5.41, 5.74) is 0.480. The Kier molecular flexibility index (Phi) is 6.58. The van der Waals surface area contributed by atoms with E-state index in [1.807, 2.05) is 6.92 Å². The van der Waals surface area contributed by atoms with E-state index in [9.17, 15) is 14.3 Å². The van der Waals surface area contributed by atoms with Gasteiger partial charge in [-0.05, 0) is 12.5 Å². The second-order valence-corrected chi connectivity index (χ2v) is 4.89. The Morgan fingerprint density at radius 1 is 1.55 bits per heavy atom. The van der Waals surface area contributed by atoms with Crippen LogP contribution in [0.1, 0.15) is 37.8 Å². The molecular formula is C15H18FNO2U. The van der Waals surface area contributed by atoms with Crippen molar-refractivity contribution < 1.29 is 45.4 Å². The van der Waals surface area contributed by atoms with Crippen molar-refractivity contribution in [3.8, 4) is 0 Å². The van der Waals surface area contributed by atoms with Gasteiger partial charge in [-0.2, -0.15) is 0 Å². The molecule has 0 aromatic heterocycles. The molecule has 0 radical (unpaired) electrons. The fraction of sp³-hybridized carbons (Fsp3) is 0.400. The van der Waals surface area contributed by atoms with Crippen LogP contribution < -0.4 is 0 Å². The standard InChI is InChI=1S/C15H18FNO2.U/c1-3-14(12-6-4-5-7-13(12)16)17(2)15(19)10-8-11(18)9-10;/h4-7,11,14,18H,2-3,8-9H2,1H3;/q-2;+2. The van der Waals surface area contributed by atoms with Gasteiger partial charge in [0.1, 0.15) is 5.82 Å². The fourth-order valence-corrected chi connectivity index (χ4v) is 2.38. The molecule has 106 valence electrons. The molecule has 3 nitrogen and oxygen atoms in total. The molecule has 1 aliphatic rings. The number of aliphatic hydroxyl groups is 1. The van der Waals surface area contributed by atoms with Crippen molar-refractivity contribution >= 4 is 5.91 Å². The summed E-state index contributed by atoms with van der Waals surface area (Å²) in [6, 6.07) is 6.06. The van der Waals surface area contributed by atoms with Crippen molar-refractivity contribution in [2.24, 2.45) is 0 Å². The van der Waals surface area contributed by atoms with Gasteiger partial charge in [0, 0.05) is 17.7 Å². The van der Waals surface area contributed by atoms with Gasteiger partial charge in [0.15, 0.2) is 0 Å². The van der Waals surface area contributed by atoms with Gasteiger partial charge in [-0.25, -0.2) is 4.39 Å². The van der Waals surface area contributed by atoms with Crippen molar-refractivity contribution in [1.29, 1.82) is 0 Å². The molecule has 1 N–H and O–H groups in total. The number of carbonyl (C=O) groups excluding carboxylic acids is 1.